The number of nitrogens with zero attached hydrogens (tertiary/aromatic N) is 4. The van der Waals surface area contributed by atoms with Gasteiger partial charge in [0.1, 0.15) is 11.4 Å². The van der Waals surface area contributed by atoms with Gasteiger partial charge >= 0.3 is 0 Å². The summed E-state index contributed by atoms with van der Waals surface area (Å²) in [7, 11) is 0. The van der Waals surface area contributed by atoms with E-state index < -0.39 is 6.23 Å². The molecule has 1 aromatic heterocycles. The lowest BCUT2D eigenvalue weighted by Gasteiger charge is -2.44. The van der Waals surface area contributed by atoms with Gasteiger partial charge in [-0.3, -0.25) is 10.1 Å². The first-order valence-corrected chi connectivity index (χ1v) is 7.61. The Bertz CT molecular complexity index is 605. The molecule has 0 radical (unpaired) electrons. The summed E-state index contributed by atoms with van der Waals surface area (Å²) in [5, 5.41) is 21.9. The van der Waals surface area contributed by atoms with Gasteiger partial charge in [-0.05, 0) is 18.1 Å². The quantitative estimate of drug-likeness (QED) is 0.518. The smallest absolute Gasteiger partial charge is 0.286 e. The highest BCUT2D eigenvalue weighted by atomic mass is 35.5. The molecule has 0 bridgehead atoms. The standard InChI is InChI=1S/C14H17ClN4O3/c15-12-4-2-10(8-16-12)9-17-6-1-7-18-13(20)5-3-11(14(17)18)19(21)22/h2,4,8,13,20H,1,3,5-7,9H2. The number of aliphatic hydroxyl groups is 1. The van der Waals surface area contributed by atoms with Gasteiger partial charge in [0.2, 0.25) is 0 Å². The SMILES string of the molecule is O=[N+]([O-])C1=C2N(Cc3ccc(Cl)nc3)CCCN2C(O)CC1. The van der Waals surface area contributed by atoms with E-state index >= 15 is 0 Å². The number of rotatable bonds is 3. The van der Waals surface area contributed by atoms with E-state index in [1.807, 2.05) is 11.0 Å². The number of allylic oxidation sites excluding steroid dienone is 1. The van der Waals surface area contributed by atoms with Crippen LogP contribution in [0.4, 0.5) is 0 Å². The Labute approximate surface area is 133 Å². The van der Waals surface area contributed by atoms with E-state index in [1.54, 1.807) is 17.2 Å². The Balaban J connectivity index is 1.91. The third kappa shape index (κ3) is 2.86. The molecule has 2 aliphatic rings. The Hall–Kier alpha value is -1.86. The molecule has 22 heavy (non-hydrogen) atoms. The Morgan fingerprint density at radius 1 is 1.45 bits per heavy atom. The van der Waals surface area contributed by atoms with Crippen molar-refractivity contribution in [3.05, 3.63) is 50.7 Å². The van der Waals surface area contributed by atoms with Gasteiger partial charge in [0, 0.05) is 38.7 Å². The average molecular weight is 325 g/mol. The number of pyridine rings is 1. The van der Waals surface area contributed by atoms with Crippen LogP contribution in [0, 0.1) is 10.1 Å². The van der Waals surface area contributed by atoms with Crippen molar-refractivity contribution in [1.29, 1.82) is 0 Å². The second-order valence-electron chi connectivity index (χ2n) is 5.50. The Morgan fingerprint density at radius 3 is 2.95 bits per heavy atom. The van der Waals surface area contributed by atoms with Crippen LogP contribution in [0.3, 0.4) is 0 Å². The third-order valence-electron chi connectivity index (χ3n) is 4.04. The van der Waals surface area contributed by atoms with Gasteiger partial charge in [-0.15, -0.1) is 0 Å². The van der Waals surface area contributed by atoms with E-state index in [0.717, 1.165) is 18.5 Å². The fourth-order valence-electron chi connectivity index (χ4n) is 3.04. The zero-order valence-electron chi connectivity index (χ0n) is 12.0. The highest BCUT2D eigenvalue weighted by Crippen LogP contribution is 2.32. The van der Waals surface area contributed by atoms with Crippen molar-refractivity contribution >= 4 is 11.6 Å². The largest absolute Gasteiger partial charge is 0.374 e. The monoisotopic (exact) mass is 324 g/mol. The van der Waals surface area contributed by atoms with Crippen LogP contribution in [-0.2, 0) is 6.54 Å². The summed E-state index contributed by atoms with van der Waals surface area (Å²) >= 11 is 5.78. The second kappa shape index (κ2) is 6.10. The van der Waals surface area contributed by atoms with Gasteiger partial charge in [0.25, 0.3) is 5.70 Å². The van der Waals surface area contributed by atoms with Crippen LogP contribution >= 0.6 is 11.6 Å². The molecule has 1 aromatic rings. The molecular weight excluding hydrogens is 308 g/mol. The van der Waals surface area contributed by atoms with Gasteiger partial charge < -0.3 is 14.9 Å². The molecule has 0 spiro atoms. The molecule has 3 heterocycles. The first kappa shape index (κ1) is 15.1. The number of halogens is 1. The summed E-state index contributed by atoms with van der Waals surface area (Å²) in [4.78, 5) is 18.8. The molecule has 8 heteroatoms. The van der Waals surface area contributed by atoms with Crippen molar-refractivity contribution < 1.29 is 10.0 Å². The number of aromatic nitrogens is 1. The Morgan fingerprint density at radius 2 is 2.27 bits per heavy atom. The molecular formula is C14H17ClN4O3. The van der Waals surface area contributed by atoms with Gasteiger partial charge in [-0.25, -0.2) is 4.98 Å². The van der Waals surface area contributed by atoms with E-state index in [1.165, 1.54) is 0 Å². The minimum absolute atomic E-state index is 0.187. The fourth-order valence-corrected chi connectivity index (χ4v) is 3.16. The van der Waals surface area contributed by atoms with E-state index in [2.05, 4.69) is 4.98 Å². The molecule has 1 atom stereocenters. The molecule has 2 aliphatic heterocycles. The van der Waals surface area contributed by atoms with E-state index in [-0.39, 0.29) is 17.0 Å². The third-order valence-corrected chi connectivity index (χ3v) is 4.26. The van der Waals surface area contributed by atoms with Gasteiger partial charge in [0.05, 0.1) is 4.92 Å². The number of fused-ring (bicyclic) bond motifs is 1. The minimum Gasteiger partial charge on any atom is -0.374 e. The van der Waals surface area contributed by atoms with Crippen molar-refractivity contribution in [2.75, 3.05) is 13.1 Å². The predicted molar refractivity (Wildman–Crippen MR) is 80.2 cm³/mol. The lowest BCUT2D eigenvalue weighted by Crippen LogP contribution is -2.50. The maximum Gasteiger partial charge on any atom is 0.286 e. The molecule has 7 nitrogen and oxygen atoms in total. The van der Waals surface area contributed by atoms with Crippen molar-refractivity contribution in [2.45, 2.75) is 32.0 Å². The molecule has 0 amide bonds. The summed E-state index contributed by atoms with van der Waals surface area (Å²) in [6.07, 6.45) is 2.57. The van der Waals surface area contributed by atoms with Crippen molar-refractivity contribution in [3.63, 3.8) is 0 Å². The first-order chi connectivity index (χ1) is 10.6. The van der Waals surface area contributed by atoms with Crippen LogP contribution in [0.25, 0.3) is 0 Å². The lowest BCUT2D eigenvalue weighted by molar-refractivity contribution is -0.434. The molecule has 1 N–H and O–H groups in total. The topological polar surface area (TPSA) is 82.7 Å². The molecule has 3 rings (SSSR count). The van der Waals surface area contributed by atoms with Crippen molar-refractivity contribution in [3.8, 4) is 0 Å². The number of hydrogen-bond donors (Lipinski definition) is 1. The number of nitro groups is 1. The molecule has 0 aliphatic carbocycles. The van der Waals surface area contributed by atoms with Crippen LogP contribution in [0.2, 0.25) is 5.15 Å². The summed E-state index contributed by atoms with van der Waals surface area (Å²) in [6, 6.07) is 3.57. The van der Waals surface area contributed by atoms with Gasteiger partial charge in [0.15, 0.2) is 5.82 Å². The Kier molecular flexibility index (Phi) is 4.17. The zero-order valence-corrected chi connectivity index (χ0v) is 12.7. The van der Waals surface area contributed by atoms with Crippen LogP contribution in [0.5, 0.6) is 0 Å². The van der Waals surface area contributed by atoms with Gasteiger partial charge in [-0.1, -0.05) is 17.7 Å². The molecule has 1 unspecified atom stereocenters. The number of aliphatic hydroxyl groups excluding tert-OH is 1. The molecule has 1 saturated heterocycles. The lowest BCUT2D eigenvalue weighted by atomic mass is 10.1. The van der Waals surface area contributed by atoms with Crippen molar-refractivity contribution in [1.82, 2.24) is 14.8 Å². The second-order valence-corrected chi connectivity index (χ2v) is 5.89. The van der Waals surface area contributed by atoms with E-state index in [4.69, 9.17) is 11.6 Å². The average Bonchev–Trinajstić information content (AvgIpc) is 2.50. The van der Waals surface area contributed by atoms with Crippen LogP contribution in [-0.4, -0.2) is 44.1 Å². The molecule has 0 saturated carbocycles. The maximum atomic E-state index is 11.3. The summed E-state index contributed by atoms with van der Waals surface area (Å²) in [6.45, 7) is 1.88. The molecule has 0 aromatic carbocycles. The summed E-state index contributed by atoms with van der Waals surface area (Å²) in [5.74, 6) is 0.546. The number of hydrogen-bond acceptors (Lipinski definition) is 6. The van der Waals surface area contributed by atoms with Crippen LogP contribution in [0.1, 0.15) is 24.8 Å². The molecule has 1 fully saturated rings. The van der Waals surface area contributed by atoms with E-state index in [0.29, 0.717) is 30.5 Å². The predicted octanol–water partition coefficient (Wildman–Crippen LogP) is 1.80. The van der Waals surface area contributed by atoms with Crippen LogP contribution < -0.4 is 0 Å². The highest BCUT2D eigenvalue weighted by molar-refractivity contribution is 6.29. The fraction of sp³-hybridized carbons (Fsp3) is 0.500. The normalized spacial score (nSPS) is 21.8. The zero-order chi connectivity index (χ0) is 15.7. The van der Waals surface area contributed by atoms with E-state index in [9.17, 15) is 15.2 Å². The molecule has 118 valence electrons. The summed E-state index contributed by atoms with van der Waals surface area (Å²) in [5.41, 5.74) is 1.12. The van der Waals surface area contributed by atoms with Crippen LogP contribution in [0.15, 0.2) is 29.8 Å². The minimum atomic E-state index is -0.648. The summed E-state index contributed by atoms with van der Waals surface area (Å²) < 4.78 is 0. The maximum absolute atomic E-state index is 11.3. The van der Waals surface area contributed by atoms with Crippen molar-refractivity contribution in [2.24, 2.45) is 0 Å². The highest BCUT2D eigenvalue weighted by Gasteiger charge is 2.38. The van der Waals surface area contributed by atoms with Gasteiger partial charge in [-0.2, -0.15) is 0 Å². The first-order valence-electron chi connectivity index (χ1n) is 7.24.